The van der Waals surface area contributed by atoms with Crippen molar-refractivity contribution >= 4 is 17.9 Å². The van der Waals surface area contributed by atoms with Crippen molar-refractivity contribution in [1.29, 1.82) is 0 Å². The average molecular weight is 845 g/mol. The van der Waals surface area contributed by atoms with Gasteiger partial charge in [-0.2, -0.15) is 0 Å². The van der Waals surface area contributed by atoms with Gasteiger partial charge in [-0.05, 0) is 70.6 Å². The fourth-order valence-electron chi connectivity index (χ4n) is 7.67. The largest absolute Gasteiger partial charge is 0.462 e. The summed E-state index contributed by atoms with van der Waals surface area (Å²) < 4.78 is 16.7. The quantitative estimate of drug-likeness (QED) is 0.0263. The molecule has 0 saturated carbocycles. The van der Waals surface area contributed by atoms with Crippen molar-refractivity contribution in [3.63, 3.8) is 0 Å². The van der Waals surface area contributed by atoms with E-state index in [0.717, 1.165) is 64.2 Å². The van der Waals surface area contributed by atoms with Crippen molar-refractivity contribution in [3.05, 3.63) is 24.3 Å². The summed E-state index contributed by atoms with van der Waals surface area (Å²) >= 11 is 0. The molecule has 0 aliphatic heterocycles. The van der Waals surface area contributed by atoms with Crippen LogP contribution in [-0.4, -0.2) is 37.2 Å². The maximum Gasteiger partial charge on any atom is 0.306 e. The van der Waals surface area contributed by atoms with E-state index in [1.807, 2.05) is 0 Å². The van der Waals surface area contributed by atoms with Crippen LogP contribution in [0, 0.1) is 0 Å². The molecule has 0 aromatic carbocycles. The molecule has 352 valence electrons. The lowest BCUT2D eigenvalue weighted by Gasteiger charge is -2.18. The van der Waals surface area contributed by atoms with Crippen molar-refractivity contribution in [2.75, 3.05) is 13.2 Å². The van der Waals surface area contributed by atoms with Crippen LogP contribution in [0.5, 0.6) is 0 Å². The van der Waals surface area contributed by atoms with Gasteiger partial charge in [0.2, 0.25) is 0 Å². The monoisotopic (exact) mass is 845 g/mol. The van der Waals surface area contributed by atoms with Crippen LogP contribution in [0.4, 0.5) is 0 Å². The Morgan fingerprint density at radius 3 is 0.867 bits per heavy atom. The minimum Gasteiger partial charge on any atom is -0.462 e. The third-order valence-electron chi connectivity index (χ3n) is 11.7. The molecule has 0 amide bonds. The molecule has 0 fully saturated rings. The van der Waals surface area contributed by atoms with Crippen molar-refractivity contribution in [1.82, 2.24) is 0 Å². The van der Waals surface area contributed by atoms with Gasteiger partial charge in [0.1, 0.15) is 13.2 Å². The maximum atomic E-state index is 12.7. The second kappa shape index (κ2) is 49.5. The lowest BCUT2D eigenvalue weighted by atomic mass is 10.0. The van der Waals surface area contributed by atoms with E-state index >= 15 is 0 Å². The van der Waals surface area contributed by atoms with Gasteiger partial charge in [0.05, 0.1) is 0 Å². The molecule has 0 N–H and O–H groups in total. The molecule has 0 aromatic rings. The van der Waals surface area contributed by atoms with Crippen molar-refractivity contribution in [2.45, 2.75) is 290 Å². The fraction of sp³-hybridized carbons (Fsp3) is 0.870. The topological polar surface area (TPSA) is 78.9 Å². The van der Waals surface area contributed by atoms with E-state index in [1.165, 1.54) is 180 Å². The van der Waals surface area contributed by atoms with Gasteiger partial charge in [0, 0.05) is 19.3 Å². The lowest BCUT2D eigenvalue weighted by Crippen LogP contribution is -2.30. The number of hydrogen-bond donors (Lipinski definition) is 0. The van der Waals surface area contributed by atoms with Crippen LogP contribution in [0.15, 0.2) is 24.3 Å². The molecule has 0 saturated heterocycles. The van der Waals surface area contributed by atoms with Gasteiger partial charge in [-0.3, -0.25) is 14.4 Å². The van der Waals surface area contributed by atoms with E-state index in [0.29, 0.717) is 19.3 Å². The van der Waals surface area contributed by atoms with Gasteiger partial charge in [-0.1, -0.05) is 218 Å². The summed E-state index contributed by atoms with van der Waals surface area (Å²) in [6.07, 6.45) is 56.2. The Balaban J connectivity index is 4.12. The Kier molecular flexibility index (Phi) is 47.8. The Morgan fingerprint density at radius 2 is 0.550 bits per heavy atom. The van der Waals surface area contributed by atoms with Crippen LogP contribution < -0.4 is 0 Å². The standard InChI is InChI=1S/C54H100O6/c1-4-7-10-13-16-18-20-22-23-24-25-26-27-28-29-30-31-32-34-35-38-41-44-47-53(56)59-50-51(49-58-52(55)46-43-40-37-15-12-9-6-3)60-54(57)48-45-42-39-36-33-21-19-17-14-11-8-5-2/h17,19,24-25,51H,4-16,18,20-23,26-50H2,1-3H3/b19-17-,25-24-. The molecule has 0 bridgehead atoms. The van der Waals surface area contributed by atoms with Gasteiger partial charge >= 0.3 is 17.9 Å². The van der Waals surface area contributed by atoms with E-state index in [9.17, 15) is 14.4 Å². The number of ether oxygens (including phenoxy) is 3. The Bertz CT molecular complexity index is 973. The minimum absolute atomic E-state index is 0.0721. The molecule has 0 aromatic heterocycles. The third kappa shape index (κ3) is 46.9. The van der Waals surface area contributed by atoms with Crippen LogP contribution in [0.1, 0.15) is 284 Å². The number of hydrogen-bond acceptors (Lipinski definition) is 6. The highest BCUT2D eigenvalue weighted by Crippen LogP contribution is 2.15. The SMILES string of the molecule is CCCCC/C=C\CCCCCCCC(=O)OC(COC(=O)CCCCCCCCC)COC(=O)CCCCCCCCCCCCC/C=C\CCCCCCCCCC. The van der Waals surface area contributed by atoms with Crippen LogP contribution in [0.3, 0.4) is 0 Å². The molecular weight excluding hydrogens is 745 g/mol. The molecule has 0 aliphatic rings. The first kappa shape index (κ1) is 57.9. The molecule has 0 radical (unpaired) electrons. The Labute approximate surface area is 373 Å². The van der Waals surface area contributed by atoms with E-state index in [2.05, 4.69) is 45.1 Å². The summed E-state index contributed by atoms with van der Waals surface area (Å²) in [5.74, 6) is -0.879. The first-order valence-corrected chi connectivity index (χ1v) is 26.3. The molecule has 60 heavy (non-hydrogen) atoms. The van der Waals surface area contributed by atoms with E-state index in [1.54, 1.807) is 0 Å². The summed E-state index contributed by atoms with van der Waals surface area (Å²) in [5, 5.41) is 0. The highest BCUT2D eigenvalue weighted by molar-refractivity contribution is 5.71. The van der Waals surface area contributed by atoms with Crippen LogP contribution >= 0.6 is 0 Å². The molecule has 6 nitrogen and oxygen atoms in total. The normalized spacial score (nSPS) is 12.1. The molecule has 0 spiro atoms. The average Bonchev–Trinajstić information content (AvgIpc) is 3.24. The number of rotatable bonds is 48. The van der Waals surface area contributed by atoms with Gasteiger partial charge in [-0.15, -0.1) is 0 Å². The van der Waals surface area contributed by atoms with E-state index in [-0.39, 0.29) is 31.1 Å². The molecule has 0 rings (SSSR count). The first-order chi connectivity index (χ1) is 29.5. The zero-order valence-electron chi connectivity index (χ0n) is 40.2. The molecule has 1 unspecified atom stereocenters. The number of carbonyl (C=O) groups excluding carboxylic acids is 3. The molecular formula is C54H100O6. The second-order valence-corrected chi connectivity index (χ2v) is 17.8. The summed E-state index contributed by atoms with van der Waals surface area (Å²) in [4.78, 5) is 37.7. The van der Waals surface area contributed by atoms with E-state index in [4.69, 9.17) is 14.2 Å². The minimum atomic E-state index is -0.769. The fourth-order valence-corrected chi connectivity index (χ4v) is 7.67. The summed E-state index contributed by atoms with van der Waals surface area (Å²) in [6, 6.07) is 0. The molecule has 1 atom stereocenters. The molecule has 0 heterocycles. The summed E-state index contributed by atoms with van der Waals surface area (Å²) in [5.41, 5.74) is 0. The van der Waals surface area contributed by atoms with Crippen molar-refractivity contribution in [3.8, 4) is 0 Å². The Hall–Kier alpha value is -2.11. The van der Waals surface area contributed by atoms with Gasteiger partial charge in [-0.25, -0.2) is 0 Å². The van der Waals surface area contributed by atoms with Gasteiger partial charge < -0.3 is 14.2 Å². The number of allylic oxidation sites excluding steroid dienone is 4. The predicted molar refractivity (Wildman–Crippen MR) is 256 cm³/mol. The number of unbranched alkanes of at least 4 members (excludes halogenated alkanes) is 33. The zero-order chi connectivity index (χ0) is 43.7. The number of carbonyl (C=O) groups is 3. The van der Waals surface area contributed by atoms with Crippen LogP contribution in [0.2, 0.25) is 0 Å². The van der Waals surface area contributed by atoms with Crippen molar-refractivity contribution in [2.24, 2.45) is 0 Å². The van der Waals surface area contributed by atoms with Crippen LogP contribution in [0.25, 0.3) is 0 Å². The molecule has 0 aliphatic carbocycles. The van der Waals surface area contributed by atoms with Gasteiger partial charge in [0.15, 0.2) is 6.10 Å². The van der Waals surface area contributed by atoms with Gasteiger partial charge in [0.25, 0.3) is 0 Å². The number of esters is 3. The molecule has 6 heteroatoms. The predicted octanol–water partition coefficient (Wildman–Crippen LogP) is 17.2. The highest BCUT2D eigenvalue weighted by Gasteiger charge is 2.19. The summed E-state index contributed by atoms with van der Waals surface area (Å²) in [7, 11) is 0. The van der Waals surface area contributed by atoms with Crippen molar-refractivity contribution < 1.29 is 28.6 Å². The zero-order valence-corrected chi connectivity index (χ0v) is 40.2. The smallest absolute Gasteiger partial charge is 0.306 e. The Morgan fingerprint density at radius 1 is 0.317 bits per heavy atom. The summed E-state index contributed by atoms with van der Waals surface area (Å²) in [6.45, 7) is 6.59. The third-order valence-corrected chi connectivity index (χ3v) is 11.7. The highest BCUT2D eigenvalue weighted by atomic mass is 16.6. The first-order valence-electron chi connectivity index (χ1n) is 26.3. The lowest BCUT2D eigenvalue weighted by molar-refractivity contribution is -0.167. The maximum absolute atomic E-state index is 12.7. The van der Waals surface area contributed by atoms with E-state index < -0.39 is 6.10 Å². The van der Waals surface area contributed by atoms with Crippen LogP contribution in [-0.2, 0) is 28.6 Å². The second-order valence-electron chi connectivity index (χ2n) is 17.8.